The highest BCUT2D eigenvalue weighted by atomic mass is 16.3. The van der Waals surface area contributed by atoms with Gasteiger partial charge in [-0.15, -0.1) is 0 Å². The van der Waals surface area contributed by atoms with Gasteiger partial charge >= 0.3 is 0 Å². The Balaban J connectivity index is 1.78. The molecule has 0 aliphatic heterocycles. The van der Waals surface area contributed by atoms with Gasteiger partial charge in [-0.1, -0.05) is 48.5 Å². The first-order valence-electron chi connectivity index (χ1n) is 6.71. The Bertz CT molecular complexity index is 769. The number of rotatable bonds is 4. The normalized spacial score (nSPS) is 11.0. The monoisotopic (exact) mass is 277 g/mol. The first-order valence-corrected chi connectivity index (χ1v) is 6.71. The van der Waals surface area contributed by atoms with Crippen molar-refractivity contribution >= 4 is 17.1 Å². The summed E-state index contributed by atoms with van der Waals surface area (Å²) < 4.78 is 0. The average Bonchev–Trinajstić information content (AvgIpc) is 2.54. The molecule has 3 rings (SSSR count). The molecule has 0 bridgehead atoms. The van der Waals surface area contributed by atoms with Crippen molar-refractivity contribution in [2.24, 2.45) is 5.10 Å². The Hall–Kier alpha value is -2.88. The van der Waals surface area contributed by atoms with Crippen molar-refractivity contribution in [3.05, 3.63) is 71.9 Å². The van der Waals surface area contributed by atoms with Gasteiger partial charge in [0.25, 0.3) is 0 Å². The number of pyridine rings is 1. The molecule has 3 aromatic rings. The molecule has 104 valence electrons. The van der Waals surface area contributed by atoms with E-state index in [2.05, 4.69) is 15.5 Å². The lowest BCUT2D eigenvalue weighted by Gasteiger charge is -2.04. The lowest BCUT2D eigenvalue weighted by atomic mass is 10.1. The Kier molecular flexibility index (Phi) is 3.78. The van der Waals surface area contributed by atoms with Gasteiger partial charge in [-0.2, -0.15) is 5.10 Å². The molecule has 4 nitrogen and oxygen atoms in total. The molecule has 0 fully saturated rings. The number of hydrazone groups is 1. The van der Waals surface area contributed by atoms with Crippen molar-refractivity contribution in [2.75, 3.05) is 0 Å². The summed E-state index contributed by atoms with van der Waals surface area (Å²) in [5, 5.41) is 15.0. The van der Waals surface area contributed by atoms with E-state index in [9.17, 15) is 5.11 Å². The van der Waals surface area contributed by atoms with Crippen molar-refractivity contribution in [1.82, 2.24) is 10.4 Å². The number of nitrogens with zero attached hydrogens (tertiary/aromatic N) is 2. The lowest BCUT2D eigenvalue weighted by molar-refractivity contribution is 0.473. The van der Waals surface area contributed by atoms with Gasteiger partial charge in [0, 0.05) is 10.9 Å². The van der Waals surface area contributed by atoms with E-state index in [0.29, 0.717) is 12.1 Å². The van der Waals surface area contributed by atoms with E-state index >= 15 is 0 Å². The molecule has 0 saturated heterocycles. The van der Waals surface area contributed by atoms with Gasteiger partial charge in [-0.3, -0.25) is 4.98 Å². The van der Waals surface area contributed by atoms with Gasteiger partial charge in [0.05, 0.1) is 24.5 Å². The van der Waals surface area contributed by atoms with Crippen LogP contribution in [0.25, 0.3) is 10.9 Å². The van der Waals surface area contributed by atoms with Crippen LogP contribution in [0.1, 0.15) is 11.1 Å². The van der Waals surface area contributed by atoms with Crippen LogP contribution in [0, 0.1) is 0 Å². The molecule has 2 aromatic carbocycles. The number of nitrogens with one attached hydrogen (secondary N) is 1. The molecular weight excluding hydrogens is 262 g/mol. The molecule has 1 aromatic heterocycles. The van der Waals surface area contributed by atoms with E-state index in [4.69, 9.17) is 0 Å². The third-order valence-electron chi connectivity index (χ3n) is 3.21. The molecule has 21 heavy (non-hydrogen) atoms. The fraction of sp³-hybridized carbons (Fsp3) is 0.0588. The van der Waals surface area contributed by atoms with Crippen LogP contribution in [-0.4, -0.2) is 16.3 Å². The third-order valence-corrected chi connectivity index (χ3v) is 3.21. The standard InChI is InChI=1S/C17H15N3O/c21-17-12-18-16-9-5-4-8-14(16)15(17)11-20-19-10-13-6-2-1-3-7-13/h1-9,11-12,19,21H,10H2/b20-11+. The van der Waals surface area contributed by atoms with Crippen molar-refractivity contribution in [2.45, 2.75) is 6.54 Å². The maximum Gasteiger partial charge on any atom is 0.143 e. The average molecular weight is 277 g/mol. The van der Waals surface area contributed by atoms with Crippen LogP contribution in [0.15, 0.2) is 65.9 Å². The topological polar surface area (TPSA) is 57.5 Å². The zero-order chi connectivity index (χ0) is 14.5. The SMILES string of the molecule is Oc1cnc2ccccc2c1/C=N/NCc1ccccc1. The maximum absolute atomic E-state index is 9.94. The Morgan fingerprint density at radius 3 is 2.67 bits per heavy atom. The number of aromatic nitrogens is 1. The minimum absolute atomic E-state index is 0.124. The largest absolute Gasteiger partial charge is 0.506 e. The molecule has 2 N–H and O–H groups in total. The highest BCUT2D eigenvalue weighted by Gasteiger charge is 2.05. The molecule has 0 radical (unpaired) electrons. The minimum atomic E-state index is 0.124. The minimum Gasteiger partial charge on any atom is -0.506 e. The van der Waals surface area contributed by atoms with Crippen LogP contribution in [0.3, 0.4) is 0 Å². The quantitative estimate of drug-likeness (QED) is 0.569. The zero-order valence-electron chi connectivity index (χ0n) is 11.4. The summed E-state index contributed by atoms with van der Waals surface area (Å²) in [6.45, 7) is 0.640. The Morgan fingerprint density at radius 2 is 1.81 bits per heavy atom. The summed E-state index contributed by atoms with van der Waals surface area (Å²) in [7, 11) is 0. The maximum atomic E-state index is 9.94. The van der Waals surface area contributed by atoms with E-state index < -0.39 is 0 Å². The molecule has 0 aliphatic carbocycles. The summed E-state index contributed by atoms with van der Waals surface area (Å²) in [5.74, 6) is 0.124. The summed E-state index contributed by atoms with van der Waals surface area (Å²) in [5.41, 5.74) is 5.63. The number of hydrogen-bond donors (Lipinski definition) is 2. The molecule has 4 heteroatoms. The van der Waals surface area contributed by atoms with Gasteiger partial charge in [-0.05, 0) is 11.6 Å². The van der Waals surface area contributed by atoms with Crippen molar-refractivity contribution in [3.8, 4) is 5.75 Å². The van der Waals surface area contributed by atoms with Gasteiger partial charge < -0.3 is 10.5 Å². The summed E-state index contributed by atoms with van der Waals surface area (Å²) in [6.07, 6.45) is 3.07. The predicted molar refractivity (Wildman–Crippen MR) is 84.3 cm³/mol. The van der Waals surface area contributed by atoms with Crippen LogP contribution in [0.2, 0.25) is 0 Å². The number of fused-ring (bicyclic) bond motifs is 1. The molecule has 0 spiro atoms. The van der Waals surface area contributed by atoms with Crippen LogP contribution < -0.4 is 5.43 Å². The van der Waals surface area contributed by atoms with E-state index in [1.165, 1.54) is 6.20 Å². The van der Waals surface area contributed by atoms with Crippen LogP contribution in [0.5, 0.6) is 5.75 Å². The van der Waals surface area contributed by atoms with Gasteiger partial charge in [-0.25, -0.2) is 0 Å². The third kappa shape index (κ3) is 3.00. The van der Waals surface area contributed by atoms with Crippen LogP contribution in [0.4, 0.5) is 0 Å². The van der Waals surface area contributed by atoms with Crippen molar-refractivity contribution < 1.29 is 5.11 Å². The first kappa shape index (κ1) is 13.1. The van der Waals surface area contributed by atoms with E-state index in [1.807, 2.05) is 54.6 Å². The number of benzene rings is 2. The Morgan fingerprint density at radius 1 is 1.05 bits per heavy atom. The second-order valence-corrected chi connectivity index (χ2v) is 4.65. The summed E-state index contributed by atoms with van der Waals surface area (Å²) in [6, 6.07) is 17.7. The van der Waals surface area contributed by atoms with Gasteiger partial charge in [0.15, 0.2) is 0 Å². The smallest absolute Gasteiger partial charge is 0.143 e. The predicted octanol–water partition coefficient (Wildman–Crippen LogP) is 3.06. The summed E-state index contributed by atoms with van der Waals surface area (Å²) in [4.78, 5) is 4.19. The molecule has 0 atom stereocenters. The van der Waals surface area contributed by atoms with Gasteiger partial charge in [0.2, 0.25) is 0 Å². The zero-order valence-corrected chi connectivity index (χ0v) is 11.4. The second kappa shape index (κ2) is 6.05. The highest BCUT2D eigenvalue weighted by Crippen LogP contribution is 2.22. The van der Waals surface area contributed by atoms with Crippen molar-refractivity contribution in [1.29, 1.82) is 0 Å². The summed E-state index contributed by atoms with van der Waals surface area (Å²) >= 11 is 0. The molecule has 1 heterocycles. The molecular formula is C17H15N3O. The first-order chi connectivity index (χ1) is 10.3. The van der Waals surface area contributed by atoms with Crippen LogP contribution >= 0.6 is 0 Å². The number of aromatic hydroxyl groups is 1. The fourth-order valence-electron chi connectivity index (χ4n) is 2.13. The lowest BCUT2D eigenvalue weighted by Crippen LogP contribution is -2.05. The molecule has 0 unspecified atom stereocenters. The Labute approximate surface area is 122 Å². The molecule has 0 saturated carbocycles. The van der Waals surface area contributed by atoms with E-state index in [-0.39, 0.29) is 5.75 Å². The second-order valence-electron chi connectivity index (χ2n) is 4.65. The van der Waals surface area contributed by atoms with Crippen molar-refractivity contribution in [3.63, 3.8) is 0 Å². The molecule has 0 aliphatic rings. The fourth-order valence-corrected chi connectivity index (χ4v) is 2.13. The highest BCUT2D eigenvalue weighted by molar-refractivity contribution is 6.00. The van der Waals surface area contributed by atoms with Gasteiger partial charge in [0.1, 0.15) is 5.75 Å². The number of hydrogen-bond acceptors (Lipinski definition) is 4. The molecule has 0 amide bonds. The van der Waals surface area contributed by atoms with E-state index in [0.717, 1.165) is 16.5 Å². The number of para-hydroxylation sites is 1. The van der Waals surface area contributed by atoms with E-state index in [1.54, 1.807) is 6.21 Å². The van der Waals surface area contributed by atoms with Crippen LogP contribution in [-0.2, 0) is 6.54 Å².